The van der Waals surface area contributed by atoms with Gasteiger partial charge in [0.2, 0.25) is 11.8 Å². The van der Waals surface area contributed by atoms with E-state index >= 15 is 4.39 Å². The molecule has 11 nitrogen and oxygen atoms in total. The van der Waals surface area contributed by atoms with Gasteiger partial charge in [0.15, 0.2) is 11.5 Å². The molecule has 44 heavy (non-hydrogen) atoms. The molecule has 1 saturated carbocycles. The second kappa shape index (κ2) is 11.7. The fraction of sp³-hybridized carbons (Fsp3) is 0.607. The number of hydrogen-bond donors (Lipinski definition) is 3. The summed E-state index contributed by atoms with van der Waals surface area (Å²) in [4.78, 5) is 35.3. The standard InChI is InChI=1S/C28H32F5N7O4/c1-2-16-23(39-44-38-16)25(41)37-21(14-5-7-27(30,31)8-6-14)24-35-17-4-3-15(20(29)22(17)36-24)19-12-43-10-9-40(19)26(42)18-11-28(32,33)13-34-18/h3-4,14,18-19,21,34H,2,5-13H2,1H3,(H,35,36)(H,37,41)/t18-,19+,21+/m1/s1. The quantitative estimate of drug-likeness (QED) is 0.337. The Bertz CT molecular complexity index is 1540. The lowest BCUT2D eigenvalue weighted by molar-refractivity contribution is -0.142. The highest BCUT2D eigenvalue weighted by Crippen LogP contribution is 2.42. The van der Waals surface area contributed by atoms with Crippen molar-refractivity contribution in [2.45, 2.75) is 75.4 Å². The number of imidazole rings is 1. The van der Waals surface area contributed by atoms with Crippen molar-refractivity contribution in [3.8, 4) is 0 Å². The molecule has 4 heterocycles. The molecule has 0 spiro atoms. The molecule has 3 aromatic rings. The lowest BCUT2D eigenvalue weighted by Gasteiger charge is -2.37. The van der Waals surface area contributed by atoms with Gasteiger partial charge in [-0.05, 0) is 36.4 Å². The predicted octanol–water partition coefficient (Wildman–Crippen LogP) is 3.84. The molecule has 2 aliphatic heterocycles. The number of carbonyl (C=O) groups is 2. The first kappa shape index (κ1) is 30.4. The Kier molecular flexibility index (Phi) is 8.07. The molecule has 6 rings (SSSR count). The molecule has 2 saturated heterocycles. The fourth-order valence-electron chi connectivity index (χ4n) is 6.32. The van der Waals surface area contributed by atoms with Gasteiger partial charge in [-0.25, -0.2) is 31.6 Å². The van der Waals surface area contributed by atoms with Crippen LogP contribution >= 0.6 is 0 Å². The average Bonchev–Trinajstić information content (AvgIpc) is 3.74. The van der Waals surface area contributed by atoms with Crippen LogP contribution in [0.1, 0.15) is 78.7 Å². The number of aromatic amines is 1. The Morgan fingerprint density at radius 1 is 1.16 bits per heavy atom. The minimum atomic E-state index is -3.01. The minimum absolute atomic E-state index is 0.0419. The van der Waals surface area contributed by atoms with Gasteiger partial charge in [-0.15, -0.1) is 0 Å². The summed E-state index contributed by atoms with van der Waals surface area (Å²) < 4.78 is 82.1. The van der Waals surface area contributed by atoms with Crippen LogP contribution in [-0.2, 0) is 16.0 Å². The number of halogens is 5. The maximum atomic E-state index is 16.2. The van der Waals surface area contributed by atoms with Crippen LogP contribution in [0, 0.1) is 11.7 Å². The van der Waals surface area contributed by atoms with Crippen LogP contribution in [0.3, 0.4) is 0 Å². The molecule has 0 bridgehead atoms. The summed E-state index contributed by atoms with van der Waals surface area (Å²) in [5.74, 6) is -8.06. The number of aryl methyl sites for hydroxylation is 1. The van der Waals surface area contributed by atoms with E-state index in [1.807, 2.05) is 0 Å². The molecule has 16 heteroatoms. The zero-order valence-corrected chi connectivity index (χ0v) is 23.8. The number of rotatable bonds is 7. The third-order valence-electron chi connectivity index (χ3n) is 8.74. The van der Waals surface area contributed by atoms with Crippen LogP contribution in [0.5, 0.6) is 0 Å². The molecule has 3 fully saturated rings. The summed E-state index contributed by atoms with van der Waals surface area (Å²) in [7, 11) is 0. The van der Waals surface area contributed by atoms with Crippen LogP contribution in [0.2, 0.25) is 0 Å². The average molecular weight is 626 g/mol. The van der Waals surface area contributed by atoms with Crippen molar-refractivity contribution >= 4 is 22.8 Å². The Labute approximate surface area is 248 Å². The zero-order chi connectivity index (χ0) is 31.2. The molecule has 3 N–H and O–H groups in total. The van der Waals surface area contributed by atoms with Crippen LogP contribution in [-0.4, -0.2) is 81.2 Å². The van der Waals surface area contributed by atoms with E-state index in [1.54, 1.807) is 13.0 Å². The van der Waals surface area contributed by atoms with E-state index in [2.05, 4.69) is 30.9 Å². The van der Waals surface area contributed by atoms with Gasteiger partial charge in [-0.1, -0.05) is 18.1 Å². The van der Waals surface area contributed by atoms with Gasteiger partial charge < -0.3 is 19.9 Å². The molecule has 238 valence electrons. The maximum absolute atomic E-state index is 16.2. The Balaban J connectivity index is 1.31. The van der Waals surface area contributed by atoms with Crippen molar-refractivity contribution < 1.29 is 40.9 Å². The van der Waals surface area contributed by atoms with E-state index < -0.39 is 66.5 Å². The summed E-state index contributed by atoms with van der Waals surface area (Å²) in [6.07, 6.45) is -0.848. The van der Waals surface area contributed by atoms with Crippen LogP contribution in [0.15, 0.2) is 16.8 Å². The number of carbonyl (C=O) groups excluding carboxylic acids is 2. The van der Waals surface area contributed by atoms with E-state index in [4.69, 9.17) is 9.37 Å². The highest BCUT2D eigenvalue weighted by Gasteiger charge is 2.45. The number of ether oxygens (including phenoxy) is 1. The summed E-state index contributed by atoms with van der Waals surface area (Å²) in [6, 6.07) is 0.157. The highest BCUT2D eigenvalue weighted by molar-refractivity contribution is 5.93. The number of aromatic nitrogens is 4. The van der Waals surface area contributed by atoms with E-state index in [1.165, 1.54) is 11.0 Å². The molecular formula is C28H32F5N7O4. The Hall–Kier alpha value is -3.66. The fourth-order valence-corrected chi connectivity index (χ4v) is 6.32. The normalized spacial score (nSPS) is 24.5. The third kappa shape index (κ3) is 5.88. The van der Waals surface area contributed by atoms with E-state index in [-0.39, 0.29) is 73.6 Å². The van der Waals surface area contributed by atoms with Gasteiger partial charge >= 0.3 is 0 Å². The molecule has 3 aliphatic rings. The monoisotopic (exact) mass is 625 g/mol. The molecule has 3 atom stereocenters. The number of nitrogens with one attached hydrogen (secondary N) is 3. The SMILES string of the molecule is CCc1nonc1C(=O)N[C@H](c1nc2c(F)c([C@@H]3COCCN3C(=O)[C@H]3CC(F)(F)CN3)ccc2[nH]1)C1CCC(F)(F)CC1. The topological polar surface area (TPSA) is 138 Å². The molecule has 0 unspecified atom stereocenters. The number of amides is 2. The van der Waals surface area contributed by atoms with Crippen molar-refractivity contribution in [1.82, 2.24) is 35.8 Å². The lowest BCUT2D eigenvalue weighted by Crippen LogP contribution is -2.50. The number of nitrogens with zero attached hydrogens (tertiary/aromatic N) is 4. The first-order valence-electron chi connectivity index (χ1n) is 14.6. The second-order valence-electron chi connectivity index (χ2n) is 11.7. The van der Waals surface area contributed by atoms with Crippen LogP contribution in [0.4, 0.5) is 22.0 Å². The van der Waals surface area contributed by atoms with Gasteiger partial charge in [0.25, 0.3) is 11.8 Å². The third-order valence-corrected chi connectivity index (χ3v) is 8.74. The number of alkyl halides is 4. The maximum Gasteiger partial charge on any atom is 0.276 e. The van der Waals surface area contributed by atoms with Crippen molar-refractivity contribution in [3.63, 3.8) is 0 Å². The number of fused-ring (bicyclic) bond motifs is 1. The van der Waals surface area contributed by atoms with Crippen molar-refractivity contribution in [2.24, 2.45) is 5.92 Å². The van der Waals surface area contributed by atoms with Gasteiger partial charge in [-0.2, -0.15) is 0 Å². The lowest BCUT2D eigenvalue weighted by atomic mass is 9.81. The number of H-pyrrole nitrogens is 1. The number of benzene rings is 1. The zero-order valence-electron chi connectivity index (χ0n) is 23.8. The Morgan fingerprint density at radius 2 is 1.93 bits per heavy atom. The molecule has 1 aromatic carbocycles. The number of hydrogen-bond acceptors (Lipinski definition) is 8. The summed E-state index contributed by atoms with van der Waals surface area (Å²) in [6.45, 7) is 1.37. The summed E-state index contributed by atoms with van der Waals surface area (Å²) in [5.41, 5.74) is 0.568. The highest BCUT2D eigenvalue weighted by atomic mass is 19.3. The molecule has 1 aliphatic carbocycles. The van der Waals surface area contributed by atoms with Crippen LogP contribution in [0.25, 0.3) is 11.0 Å². The minimum Gasteiger partial charge on any atom is -0.377 e. The van der Waals surface area contributed by atoms with Gasteiger partial charge in [0.05, 0.1) is 43.4 Å². The molecular weight excluding hydrogens is 593 g/mol. The Morgan fingerprint density at radius 3 is 2.64 bits per heavy atom. The number of morpholine rings is 1. The predicted molar refractivity (Wildman–Crippen MR) is 143 cm³/mol. The van der Waals surface area contributed by atoms with Crippen molar-refractivity contribution in [3.05, 3.63) is 40.7 Å². The molecule has 2 aromatic heterocycles. The molecule has 2 amide bonds. The smallest absolute Gasteiger partial charge is 0.276 e. The first-order chi connectivity index (χ1) is 21.0. The molecule has 0 radical (unpaired) electrons. The van der Waals surface area contributed by atoms with E-state index in [0.29, 0.717) is 12.1 Å². The van der Waals surface area contributed by atoms with E-state index in [0.717, 1.165) is 0 Å². The van der Waals surface area contributed by atoms with E-state index in [9.17, 15) is 27.2 Å². The summed E-state index contributed by atoms with van der Waals surface area (Å²) >= 11 is 0. The van der Waals surface area contributed by atoms with Gasteiger partial charge in [-0.3, -0.25) is 14.9 Å². The largest absolute Gasteiger partial charge is 0.377 e. The van der Waals surface area contributed by atoms with Gasteiger partial charge in [0.1, 0.15) is 17.0 Å². The van der Waals surface area contributed by atoms with Crippen LogP contribution < -0.4 is 10.6 Å². The van der Waals surface area contributed by atoms with Crippen molar-refractivity contribution in [1.29, 1.82) is 0 Å². The summed E-state index contributed by atoms with van der Waals surface area (Å²) in [5, 5.41) is 12.8. The van der Waals surface area contributed by atoms with Gasteiger partial charge in [0, 0.05) is 31.4 Å². The first-order valence-corrected chi connectivity index (χ1v) is 14.6. The second-order valence-corrected chi connectivity index (χ2v) is 11.7. The van der Waals surface area contributed by atoms with Crippen molar-refractivity contribution in [2.75, 3.05) is 26.3 Å².